The third kappa shape index (κ3) is 3.36. The summed E-state index contributed by atoms with van der Waals surface area (Å²) in [7, 11) is 0. The average molecular weight is 190 g/mol. The van der Waals surface area contributed by atoms with Gasteiger partial charge in [0.2, 0.25) is 0 Å². The molecule has 0 spiro atoms. The molecule has 0 saturated heterocycles. The number of allylic oxidation sites excluding steroid dienone is 3. The Labute approximate surface area is 64.8 Å². The first kappa shape index (κ1) is 8.76. The van der Waals surface area contributed by atoms with Gasteiger partial charge in [0.05, 0.1) is 0 Å². The first-order valence-corrected chi connectivity index (χ1v) is 3.79. The summed E-state index contributed by atoms with van der Waals surface area (Å²) in [4.78, 5) is 0. The molecule has 9 heavy (non-hydrogen) atoms. The second-order valence-corrected chi connectivity index (χ2v) is 2.56. The van der Waals surface area contributed by atoms with Crippen molar-refractivity contribution in [2.75, 3.05) is 0 Å². The van der Waals surface area contributed by atoms with Crippen LogP contribution in [0.3, 0.4) is 0 Å². The molecule has 2 heteroatoms. The summed E-state index contributed by atoms with van der Waals surface area (Å²) in [5.74, 6) is 0. The molecule has 0 aliphatic heterocycles. The molecule has 0 heterocycles. The fraction of sp³-hybridized carbons (Fsp3) is 0.429. The molecular weight excluding hydrogens is 178 g/mol. The summed E-state index contributed by atoms with van der Waals surface area (Å²) in [6.07, 6.45) is 4.92. The van der Waals surface area contributed by atoms with Gasteiger partial charge in [-0.15, -0.1) is 0 Å². The summed E-state index contributed by atoms with van der Waals surface area (Å²) in [5, 5.41) is 0. The third-order valence-corrected chi connectivity index (χ3v) is 1.75. The number of halogens is 1. The first-order valence-electron chi connectivity index (χ1n) is 3.00. The average Bonchev–Trinajstić information content (AvgIpc) is 1.87. The van der Waals surface area contributed by atoms with Gasteiger partial charge in [0, 0.05) is 10.2 Å². The van der Waals surface area contributed by atoms with Gasteiger partial charge in [0.15, 0.2) is 0 Å². The van der Waals surface area contributed by atoms with Gasteiger partial charge in [-0.1, -0.05) is 19.1 Å². The van der Waals surface area contributed by atoms with E-state index in [1.54, 1.807) is 0 Å². The topological polar surface area (TPSA) is 26.0 Å². The lowest BCUT2D eigenvalue weighted by atomic mass is 10.3. The zero-order chi connectivity index (χ0) is 7.28. The van der Waals surface area contributed by atoms with Crippen molar-refractivity contribution >= 4 is 15.9 Å². The van der Waals surface area contributed by atoms with E-state index in [9.17, 15) is 0 Å². The zero-order valence-electron chi connectivity index (χ0n) is 5.82. The Hall–Kier alpha value is -0.240. The SMILES string of the molecule is C/C=C(N)\C(Br)=C/CC. The van der Waals surface area contributed by atoms with Gasteiger partial charge in [-0.2, -0.15) is 0 Å². The molecule has 0 aromatic rings. The molecule has 1 nitrogen and oxygen atoms in total. The van der Waals surface area contributed by atoms with Gasteiger partial charge in [-0.25, -0.2) is 0 Å². The van der Waals surface area contributed by atoms with E-state index < -0.39 is 0 Å². The molecule has 0 unspecified atom stereocenters. The Morgan fingerprint density at radius 2 is 2.22 bits per heavy atom. The van der Waals surface area contributed by atoms with Crippen molar-refractivity contribution in [2.24, 2.45) is 5.73 Å². The Bertz CT molecular complexity index is 136. The minimum Gasteiger partial charge on any atom is -0.398 e. The highest BCUT2D eigenvalue weighted by atomic mass is 79.9. The molecule has 0 radical (unpaired) electrons. The molecule has 2 N–H and O–H groups in total. The fourth-order valence-electron chi connectivity index (χ4n) is 0.435. The van der Waals surface area contributed by atoms with Gasteiger partial charge in [0.25, 0.3) is 0 Å². The van der Waals surface area contributed by atoms with Crippen molar-refractivity contribution in [2.45, 2.75) is 20.3 Å². The van der Waals surface area contributed by atoms with Crippen molar-refractivity contribution in [3.05, 3.63) is 22.3 Å². The molecule has 0 bridgehead atoms. The molecule has 0 aliphatic carbocycles. The van der Waals surface area contributed by atoms with Crippen LogP contribution in [0.5, 0.6) is 0 Å². The molecule has 0 rings (SSSR count). The van der Waals surface area contributed by atoms with E-state index in [2.05, 4.69) is 22.9 Å². The van der Waals surface area contributed by atoms with Gasteiger partial charge >= 0.3 is 0 Å². The van der Waals surface area contributed by atoms with E-state index in [1.165, 1.54) is 0 Å². The summed E-state index contributed by atoms with van der Waals surface area (Å²) in [6.45, 7) is 3.99. The summed E-state index contributed by atoms with van der Waals surface area (Å²) >= 11 is 3.33. The maximum absolute atomic E-state index is 5.55. The second-order valence-electron chi connectivity index (χ2n) is 1.70. The van der Waals surface area contributed by atoms with Crippen molar-refractivity contribution in [3.63, 3.8) is 0 Å². The summed E-state index contributed by atoms with van der Waals surface area (Å²) in [5.41, 5.74) is 6.35. The highest BCUT2D eigenvalue weighted by Gasteiger charge is 1.89. The lowest BCUT2D eigenvalue weighted by Gasteiger charge is -1.95. The summed E-state index contributed by atoms with van der Waals surface area (Å²) in [6, 6.07) is 0. The monoisotopic (exact) mass is 189 g/mol. The highest BCUT2D eigenvalue weighted by Crippen LogP contribution is 2.12. The molecule has 0 amide bonds. The zero-order valence-corrected chi connectivity index (χ0v) is 7.40. The maximum Gasteiger partial charge on any atom is 0.0411 e. The predicted molar refractivity (Wildman–Crippen MR) is 45.2 cm³/mol. The molecule has 0 aromatic carbocycles. The number of hydrogen-bond donors (Lipinski definition) is 1. The first-order chi connectivity index (χ1) is 4.22. The van der Waals surface area contributed by atoms with E-state index in [0.29, 0.717) is 0 Å². The lowest BCUT2D eigenvalue weighted by molar-refractivity contribution is 1.21. The van der Waals surface area contributed by atoms with Crippen molar-refractivity contribution < 1.29 is 0 Å². The van der Waals surface area contributed by atoms with Crippen LogP contribution in [0, 0.1) is 0 Å². The van der Waals surface area contributed by atoms with Crippen LogP contribution in [0.4, 0.5) is 0 Å². The third-order valence-electron chi connectivity index (χ3n) is 0.970. The minimum atomic E-state index is 0.803. The Morgan fingerprint density at radius 3 is 2.56 bits per heavy atom. The number of hydrogen-bond acceptors (Lipinski definition) is 1. The number of rotatable bonds is 2. The molecule has 0 atom stereocenters. The molecule has 0 aliphatic rings. The molecule has 0 saturated carbocycles. The standard InChI is InChI=1S/C7H12BrN/c1-3-5-6(8)7(9)4-2/h4-5H,3,9H2,1-2H3/b6-5+,7-4+. The van der Waals surface area contributed by atoms with E-state index in [1.807, 2.05) is 19.1 Å². The lowest BCUT2D eigenvalue weighted by Crippen LogP contribution is -1.94. The van der Waals surface area contributed by atoms with Crippen LogP contribution in [-0.2, 0) is 0 Å². The molecular formula is C7H12BrN. The van der Waals surface area contributed by atoms with Crippen LogP contribution >= 0.6 is 15.9 Å². The van der Waals surface area contributed by atoms with E-state index in [4.69, 9.17) is 5.73 Å². The van der Waals surface area contributed by atoms with Crippen LogP contribution in [-0.4, -0.2) is 0 Å². The highest BCUT2D eigenvalue weighted by molar-refractivity contribution is 9.11. The Kier molecular flexibility index (Phi) is 4.50. The van der Waals surface area contributed by atoms with Gasteiger partial charge in [-0.05, 0) is 29.3 Å². The second kappa shape index (κ2) is 4.62. The van der Waals surface area contributed by atoms with Crippen molar-refractivity contribution in [1.29, 1.82) is 0 Å². The molecule has 0 aromatic heterocycles. The minimum absolute atomic E-state index is 0.803. The molecule has 0 fully saturated rings. The van der Waals surface area contributed by atoms with Crippen molar-refractivity contribution in [3.8, 4) is 0 Å². The smallest absolute Gasteiger partial charge is 0.0411 e. The van der Waals surface area contributed by atoms with Crippen molar-refractivity contribution in [1.82, 2.24) is 0 Å². The van der Waals surface area contributed by atoms with E-state index >= 15 is 0 Å². The normalized spacial score (nSPS) is 14.1. The van der Waals surface area contributed by atoms with E-state index in [0.717, 1.165) is 16.6 Å². The Morgan fingerprint density at radius 1 is 1.67 bits per heavy atom. The quantitative estimate of drug-likeness (QED) is 0.665. The van der Waals surface area contributed by atoms with Crippen LogP contribution in [0.15, 0.2) is 22.3 Å². The maximum atomic E-state index is 5.55. The largest absolute Gasteiger partial charge is 0.398 e. The van der Waals surface area contributed by atoms with Gasteiger partial charge in [0.1, 0.15) is 0 Å². The fourth-order valence-corrected chi connectivity index (χ4v) is 0.988. The van der Waals surface area contributed by atoms with Crippen LogP contribution < -0.4 is 5.73 Å². The number of nitrogens with two attached hydrogens (primary N) is 1. The summed E-state index contributed by atoms with van der Waals surface area (Å²) < 4.78 is 0.993. The molecule has 52 valence electrons. The van der Waals surface area contributed by atoms with Crippen LogP contribution in [0.1, 0.15) is 20.3 Å². The van der Waals surface area contributed by atoms with Gasteiger partial charge < -0.3 is 5.73 Å². The van der Waals surface area contributed by atoms with Gasteiger partial charge in [-0.3, -0.25) is 0 Å². The van der Waals surface area contributed by atoms with E-state index in [-0.39, 0.29) is 0 Å². The predicted octanol–water partition coefficient (Wildman–Crippen LogP) is 2.54. The van der Waals surface area contributed by atoms with Crippen LogP contribution in [0.25, 0.3) is 0 Å². The van der Waals surface area contributed by atoms with Crippen LogP contribution in [0.2, 0.25) is 0 Å². The Balaban J connectivity index is 4.03.